The first-order valence-electron chi connectivity index (χ1n) is 7.32. The van der Waals surface area contributed by atoms with Crippen molar-refractivity contribution >= 4 is 11.7 Å². The minimum atomic E-state index is -0.581. The van der Waals surface area contributed by atoms with Gasteiger partial charge in [-0.3, -0.25) is 10.1 Å². The van der Waals surface area contributed by atoms with E-state index in [1.165, 1.54) is 18.2 Å². The molecule has 1 aliphatic carbocycles. The Hall–Kier alpha value is -2.89. The molecule has 118 valence electrons. The molecular weight excluding hydrogens is 298 g/mol. The predicted molar refractivity (Wildman–Crippen MR) is 82.7 cm³/mol. The highest BCUT2D eigenvalue weighted by Gasteiger charge is 2.24. The Morgan fingerprint density at radius 3 is 2.52 bits per heavy atom. The summed E-state index contributed by atoms with van der Waals surface area (Å²) in [5.41, 5.74) is 0.215. The van der Waals surface area contributed by atoms with Crippen LogP contribution in [0.4, 0.5) is 5.69 Å². The highest BCUT2D eigenvalue weighted by atomic mass is 16.6. The quantitative estimate of drug-likeness (QED) is 0.352. The van der Waals surface area contributed by atoms with Crippen molar-refractivity contribution in [2.75, 3.05) is 6.61 Å². The normalized spacial score (nSPS) is 13.4. The molecule has 0 amide bonds. The number of nitro benzene ring substituents is 1. The molecule has 0 radical (unpaired) electrons. The van der Waals surface area contributed by atoms with Gasteiger partial charge in [0.25, 0.3) is 5.69 Å². The summed E-state index contributed by atoms with van der Waals surface area (Å²) in [6, 6.07) is 12.5. The van der Waals surface area contributed by atoms with E-state index in [0.29, 0.717) is 23.8 Å². The van der Waals surface area contributed by atoms with Crippen LogP contribution in [-0.2, 0) is 0 Å². The summed E-state index contributed by atoms with van der Waals surface area (Å²) in [5, 5.41) is 10.9. The summed E-state index contributed by atoms with van der Waals surface area (Å²) >= 11 is 0. The highest BCUT2D eigenvalue weighted by Crippen LogP contribution is 2.35. The molecule has 1 aliphatic rings. The number of carbonyl (C=O) groups excluding carboxylic acids is 1. The maximum absolute atomic E-state index is 12.2. The average molecular weight is 313 g/mol. The van der Waals surface area contributed by atoms with Crippen molar-refractivity contribution in [3.63, 3.8) is 0 Å². The number of benzene rings is 2. The molecule has 3 rings (SSSR count). The molecular formula is C17H15NO5. The minimum Gasteiger partial charge on any atom is -0.489 e. The van der Waals surface area contributed by atoms with Crippen LogP contribution >= 0.6 is 0 Å². The van der Waals surface area contributed by atoms with Crippen LogP contribution in [0.15, 0.2) is 48.5 Å². The van der Waals surface area contributed by atoms with Gasteiger partial charge < -0.3 is 9.47 Å². The molecule has 2 aromatic rings. The monoisotopic (exact) mass is 313 g/mol. The number of rotatable bonds is 6. The zero-order valence-corrected chi connectivity index (χ0v) is 12.3. The van der Waals surface area contributed by atoms with Crippen LogP contribution in [0.5, 0.6) is 11.5 Å². The molecule has 6 heteroatoms. The minimum absolute atomic E-state index is 0.0636. The molecule has 0 aliphatic heterocycles. The van der Waals surface area contributed by atoms with Gasteiger partial charge in [-0.25, -0.2) is 4.79 Å². The Labute approximate surface area is 132 Å². The summed E-state index contributed by atoms with van der Waals surface area (Å²) in [6.45, 7) is 0.522. The summed E-state index contributed by atoms with van der Waals surface area (Å²) in [6.07, 6.45) is 2.23. The Kier molecular flexibility index (Phi) is 4.23. The number of hydrogen-bond acceptors (Lipinski definition) is 5. The fourth-order valence-electron chi connectivity index (χ4n) is 2.03. The van der Waals surface area contributed by atoms with E-state index in [1.54, 1.807) is 30.3 Å². The van der Waals surface area contributed by atoms with Crippen LogP contribution in [0, 0.1) is 16.0 Å². The molecule has 23 heavy (non-hydrogen) atoms. The summed E-state index contributed by atoms with van der Waals surface area (Å²) in [4.78, 5) is 22.5. The highest BCUT2D eigenvalue weighted by molar-refractivity contribution is 5.91. The third-order valence-electron chi connectivity index (χ3n) is 3.52. The van der Waals surface area contributed by atoms with Gasteiger partial charge in [-0.1, -0.05) is 18.2 Å². The van der Waals surface area contributed by atoms with E-state index in [1.807, 2.05) is 0 Å². The number of carbonyl (C=O) groups is 1. The van der Waals surface area contributed by atoms with E-state index >= 15 is 0 Å². The van der Waals surface area contributed by atoms with E-state index in [0.717, 1.165) is 12.8 Å². The summed E-state index contributed by atoms with van der Waals surface area (Å²) < 4.78 is 10.9. The van der Waals surface area contributed by atoms with Gasteiger partial charge in [0.1, 0.15) is 0 Å². The van der Waals surface area contributed by atoms with Crippen molar-refractivity contribution in [3.05, 3.63) is 64.2 Å². The van der Waals surface area contributed by atoms with Crippen molar-refractivity contribution in [1.29, 1.82) is 0 Å². The van der Waals surface area contributed by atoms with Crippen LogP contribution < -0.4 is 9.47 Å². The molecule has 0 saturated heterocycles. The first kappa shape index (κ1) is 15.0. The van der Waals surface area contributed by atoms with Gasteiger partial charge in [0.2, 0.25) is 0 Å². The number of esters is 1. The van der Waals surface area contributed by atoms with Gasteiger partial charge in [-0.15, -0.1) is 0 Å². The van der Waals surface area contributed by atoms with Crippen molar-refractivity contribution < 1.29 is 19.2 Å². The first-order chi connectivity index (χ1) is 11.1. The van der Waals surface area contributed by atoms with E-state index in [9.17, 15) is 14.9 Å². The lowest BCUT2D eigenvalue weighted by Crippen LogP contribution is -2.10. The van der Waals surface area contributed by atoms with E-state index in [4.69, 9.17) is 9.47 Å². The van der Waals surface area contributed by atoms with E-state index in [-0.39, 0.29) is 11.4 Å². The molecule has 1 fully saturated rings. The van der Waals surface area contributed by atoms with Gasteiger partial charge in [-0.2, -0.15) is 0 Å². The fourth-order valence-corrected chi connectivity index (χ4v) is 2.03. The van der Waals surface area contributed by atoms with Crippen LogP contribution in [0.2, 0.25) is 0 Å². The Bertz CT molecular complexity index is 725. The van der Waals surface area contributed by atoms with Crippen molar-refractivity contribution in [1.82, 2.24) is 0 Å². The predicted octanol–water partition coefficient (Wildman–Crippen LogP) is 3.60. The molecule has 0 atom stereocenters. The van der Waals surface area contributed by atoms with Gasteiger partial charge in [0, 0.05) is 6.07 Å². The topological polar surface area (TPSA) is 78.7 Å². The number of nitrogens with zero attached hydrogens (tertiary/aromatic N) is 1. The third kappa shape index (κ3) is 3.85. The zero-order chi connectivity index (χ0) is 16.2. The third-order valence-corrected chi connectivity index (χ3v) is 3.52. The first-order valence-corrected chi connectivity index (χ1v) is 7.32. The fraction of sp³-hybridized carbons (Fsp3) is 0.235. The molecule has 0 N–H and O–H groups in total. The SMILES string of the molecule is O=C(Oc1cc([N+](=O)[O-])ccc1OCC1CC1)c1ccccc1. The molecule has 2 aromatic carbocycles. The smallest absolute Gasteiger partial charge is 0.343 e. The van der Waals surface area contributed by atoms with Crippen molar-refractivity contribution in [2.24, 2.45) is 5.92 Å². The van der Waals surface area contributed by atoms with Crippen molar-refractivity contribution in [2.45, 2.75) is 12.8 Å². The Morgan fingerprint density at radius 1 is 1.13 bits per heavy atom. The molecule has 6 nitrogen and oxygen atoms in total. The van der Waals surface area contributed by atoms with Crippen molar-refractivity contribution in [3.8, 4) is 11.5 Å². The molecule has 0 aromatic heterocycles. The van der Waals surface area contributed by atoms with E-state index < -0.39 is 10.9 Å². The maximum Gasteiger partial charge on any atom is 0.343 e. The number of non-ortho nitro benzene ring substituents is 1. The molecule has 1 saturated carbocycles. The molecule has 0 unspecified atom stereocenters. The van der Waals surface area contributed by atoms with Crippen LogP contribution in [0.25, 0.3) is 0 Å². The second-order valence-electron chi connectivity index (χ2n) is 5.40. The summed E-state index contributed by atoms with van der Waals surface area (Å²) in [7, 11) is 0. The average Bonchev–Trinajstić information content (AvgIpc) is 3.38. The number of hydrogen-bond donors (Lipinski definition) is 0. The standard InChI is InChI=1S/C17H15NO5/c19-17(13-4-2-1-3-5-13)23-16-10-14(18(20)21)8-9-15(16)22-11-12-6-7-12/h1-5,8-10,12H,6-7,11H2. The molecule has 0 spiro atoms. The Balaban J connectivity index is 1.82. The Morgan fingerprint density at radius 2 is 1.87 bits per heavy atom. The van der Waals surface area contributed by atoms with Gasteiger partial charge >= 0.3 is 5.97 Å². The lowest BCUT2D eigenvalue weighted by molar-refractivity contribution is -0.384. The number of ether oxygens (including phenoxy) is 2. The molecule has 0 heterocycles. The second-order valence-corrected chi connectivity index (χ2v) is 5.40. The lowest BCUT2D eigenvalue weighted by atomic mass is 10.2. The zero-order valence-electron chi connectivity index (χ0n) is 12.3. The van der Waals surface area contributed by atoms with Gasteiger partial charge in [0.05, 0.1) is 23.2 Å². The molecule has 0 bridgehead atoms. The maximum atomic E-state index is 12.2. The second kappa shape index (κ2) is 6.48. The largest absolute Gasteiger partial charge is 0.489 e. The van der Waals surface area contributed by atoms with Crippen LogP contribution in [0.3, 0.4) is 0 Å². The van der Waals surface area contributed by atoms with Gasteiger partial charge in [0.15, 0.2) is 11.5 Å². The number of nitro groups is 1. The van der Waals surface area contributed by atoms with E-state index in [2.05, 4.69) is 0 Å². The summed E-state index contributed by atoms with van der Waals surface area (Å²) in [5.74, 6) is 0.339. The van der Waals surface area contributed by atoms with Crippen LogP contribution in [0.1, 0.15) is 23.2 Å². The van der Waals surface area contributed by atoms with Crippen LogP contribution in [-0.4, -0.2) is 17.5 Å². The lowest BCUT2D eigenvalue weighted by Gasteiger charge is -2.11. The van der Waals surface area contributed by atoms with Gasteiger partial charge in [-0.05, 0) is 37.0 Å².